The van der Waals surface area contributed by atoms with Gasteiger partial charge in [0.05, 0.1) is 5.56 Å². The molecule has 0 spiro atoms. The number of pyridine rings is 1. The molecule has 5 nitrogen and oxygen atoms in total. The van der Waals surface area contributed by atoms with Gasteiger partial charge in [0.15, 0.2) is 5.82 Å². The summed E-state index contributed by atoms with van der Waals surface area (Å²) in [6, 6.07) is 12.7. The third-order valence-corrected chi connectivity index (χ3v) is 6.24. The maximum absolute atomic E-state index is 13.0. The van der Waals surface area contributed by atoms with E-state index in [0.29, 0.717) is 17.8 Å². The summed E-state index contributed by atoms with van der Waals surface area (Å²) in [7, 11) is 0. The lowest BCUT2D eigenvalue weighted by molar-refractivity contribution is -0.137. The van der Waals surface area contributed by atoms with Gasteiger partial charge in [-0.05, 0) is 37.0 Å². The average molecular weight is 414 g/mol. The number of alkyl halides is 3. The first kappa shape index (κ1) is 19.2. The number of hydrogen-bond acceptors (Lipinski definition) is 5. The second-order valence-corrected chi connectivity index (χ2v) is 8.22. The van der Waals surface area contributed by atoms with Crippen molar-refractivity contribution < 1.29 is 17.7 Å². The minimum absolute atomic E-state index is 0.0240. The minimum atomic E-state index is -4.45. The van der Waals surface area contributed by atoms with Crippen LogP contribution in [0.1, 0.15) is 48.6 Å². The Morgan fingerprint density at radius 1 is 1.13 bits per heavy atom. The third-order valence-electron chi connectivity index (χ3n) is 6.24. The maximum atomic E-state index is 13.0. The summed E-state index contributed by atoms with van der Waals surface area (Å²) in [4.78, 5) is 8.40. The summed E-state index contributed by atoms with van der Waals surface area (Å²) in [5, 5.41) is 7.75. The Morgan fingerprint density at radius 3 is 2.63 bits per heavy atom. The fourth-order valence-corrected chi connectivity index (χ4v) is 4.17. The van der Waals surface area contributed by atoms with E-state index in [0.717, 1.165) is 50.6 Å². The number of benzene rings is 1. The molecule has 1 aromatic carbocycles. The van der Waals surface area contributed by atoms with Crippen molar-refractivity contribution in [2.45, 2.75) is 49.2 Å². The first-order valence-electron chi connectivity index (χ1n) is 10.1. The Kier molecular flexibility index (Phi) is 4.61. The van der Waals surface area contributed by atoms with Crippen LogP contribution in [0.25, 0.3) is 11.6 Å². The Morgan fingerprint density at radius 2 is 1.93 bits per heavy atom. The lowest BCUT2D eigenvalue weighted by atomic mass is 9.68. The number of aromatic nitrogens is 3. The van der Waals surface area contributed by atoms with Gasteiger partial charge in [0, 0.05) is 30.1 Å². The molecule has 0 saturated heterocycles. The molecule has 0 amide bonds. The molecule has 8 heteroatoms. The van der Waals surface area contributed by atoms with Crippen LogP contribution in [0, 0.1) is 0 Å². The van der Waals surface area contributed by atoms with E-state index in [1.54, 1.807) is 0 Å². The summed E-state index contributed by atoms with van der Waals surface area (Å²) < 4.78 is 44.2. The van der Waals surface area contributed by atoms with E-state index in [-0.39, 0.29) is 17.0 Å². The standard InChI is InChI=1S/C22H21F3N4O/c23-22(24,25)15-7-10-26-18(11-15)19-28-20(29-30-19)21(8-4-9-21)13-27-17-12-16(17)14-5-2-1-3-6-14/h1-3,5-7,10-11,16-17,27H,4,8-9,12-13H2/t16-,17?/m1/s1. The van der Waals surface area contributed by atoms with Crippen molar-refractivity contribution in [1.29, 1.82) is 0 Å². The second kappa shape index (κ2) is 7.19. The Labute approximate surface area is 171 Å². The molecule has 30 heavy (non-hydrogen) atoms. The predicted molar refractivity (Wildman–Crippen MR) is 104 cm³/mol. The summed E-state index contributed by atoms with van der Waals surface area (Å²) in [5.41, 5.74) is 0.369. The van der Waals surface area contributed by atoms with Gasteiger partial charge in [-0.15, -0.1) is 0 Å². The zero-order valence-corrected chi connectivity index (χ0v) is 16.2. The second-order valence-electron chi connectivity index (χ2n) is 8.22. The maximum Gasteiger partial charge on any atom is 0.416 e. The third kappa shape index (κ3) is 3.60. The van der Waals surface area contributed by atoms with Crippen molar-refractivity contribution >= 4 is 0 Å². The molecule has 0 bridgehead atoms. The molecule has 2 aromatic heterocycles. The van der Waals surface area contributed by atoms with Gasteiger partial charge >= 0.3 is 6.18 Å². The molecular formula is C22H21F3N4O. The predicted octanol–water partition coefficient (Wildman–Crippen LogP) is 4.72. The first-order valence-corrected chi connectivity index (χ1v) is 10.1. The average Bonchev–Trinajstić information content (AvgIpc) is 3.33. The van der Waals surface area contributed by atoms with Crippen molar-refractivity contribution in [1.82, 2.24) is 20.4 Å². The first-order chi connectivity index (χ1) is 14.4. The number of halogens is 3. The smallest absolute Gasteiger partial charge is 0.332 e. The lowest BCUT2D eigenvalue weighted by Crippen LogP contribution is -2.45. The fraction of sp³-hybridized carbons (Fsp3) is 0.409. The molecule has 1 unspecified atom stereocenters. The summed E-state index contributed by atoms with van der Waals surface area (Å²) in [5.74, 6) is 1.10. The molecule has 2 atom stereocenters. The van der Waals surface area contributed by atoms with E-state index in [1.807, 2.05) is 6.07 Å². The molecule has 156 valence electrons. The topological polar surface area (TPSA) is 63.8 Å². The molecule has 5 rings (SSSR count). The van der Waals surface area contributed by atoms with E-state index in [1.165, 1.54) is 5.56 Å². The highest BCUT2D eigenvalue weighted by Gasteiger charge is 2.46. The molecular weight excluding hydrogens is 393 g/mol. The lowest BCUT2D eigenvalue weighted by Gasteiger charge is -2.39. The van der Waals surface area contributed by atoms with Gasteiger partial charge in [-0.25, -0.2) is 0 Å². The SMILES string of the molecule is FC(F)(F)c1ccnc(-c2nc(C3(CNC4C[C@@H]4c4ccccc4)CCC3)no2)c1. The summed E-state index contributed by atoms with van der Waals surface area (Å²) in [6.07, 6.45) is 0.694. The van der Waals surface area contributed by atoms with E-state index in [9.17, 15) is 13.2 Å². The van der Waals surface area contributed by atoms with Crippen LogP contribution in [0.4, 0.5) is 13.2 Å². The van der Waals surface area contributed by atoms with E-state index < -0.39 is 11.7 Å². The number of hydrogen-bond donors (Lipinski definition) is 1. The van der Waals surface area contributed by atoms with Crippen LogP contribution in [-0.2, 0) is 11.6 Å². The Hall–Kier alpha value is -2.74. The van der Waals surface area contributed by atoms with Crippen LogP contribution in [-0.4, -0.2) is 27.7 Å². The molecule has 1 N–H and O–H groups in total. The van der Waals surface area contributed by atoms with E-state index in [2.05, 4.69) is 44.7 Å². The number of nitrogens with zero attached hydrogens (tertiary/aromatic N) is 3. The highest BCUT2D eigenvalue weighted by Crippen LogP contribution is 2.45. The number of rotatable bonds is 6. The minimum Gasteiger partial charge on any atom is -0.332 e. The monoisotopic (exact) mass is 414 g/mol. The van der Waals surface area contributed by atoms with Gasteiger partial charge in [0.25, 0.3) is 5.89 Å². The Balaban J connectivity index is 1.29. The van der Waals surface area contributed by atoms with Gasteiger partial charge in [-0.2, -0.15) is 18.2 Å². The van der Waals surface area contributed by atoms with Crippen molar-refractivity contribution in [3.63, 3.8) is 0 Å². The van der Waals surface area contributed by atoms with E-state index >= 15 is 0 Å². The molecule has 2 fully saturated rings. The normalized spacial score (nSPS) is 22.5. The largest absolute Gasteiger partial charge is 0.416 e. The zero-order valence-electron chi connectivity index (χ0n) is 16.2. The number of nitrogens with one attached hydrogen (secondary N) is 1. The molecule has 2 aliphatic carbocycles. The fourth-order valence-electron chi connectivity index (χ4n) is 4.17. The van der Waals surface area contributed by atoms with Gasteiger partial charge in [0.2, 0.25) is 0 Å². The highest BCUT2D eigenvalue weighted by molar-refractivity contribution is 5.48. The summed E-state index contributed by atoms with van der Waals surface area (Å²) in [6.45, 7) is 0.732. The van der Waals surface area contributed by atoms with Gasteiger partial charge < -0.3 is 9.84 Å². The molecule has 2 heterocycles. The molecule has 0 radical (unpaired) electrons. The van der Waals surface area contributed by atoms with Crippen molar-refractivity contribution in [2.24, 2.45) is 0 Å². The van der Waals surface area contributed by atoms with Crippen molar-refractivity contribution in [3.8, 4) is 11.6 Å². The van der Waals surface area contributed by atoms with Crippen molar-refractivity contribution in [3.05, 3.63) is 65.6 Å². The van der Waals surface area contributed by atoms with Gasteiger partial charge in [-0.3, -0.25) is 4.98 Å². The quantitative estimate of drug-likeness (QED) is 0.633. The molecule has 2 saturated carbocycles. The van der Waals surface area contributed by atoms with E-state index in [4.69, 9.17) is 4.52 Å². The van der Waals surface area contributed by atoms with Gasteiger partial charge in [0.1, 0.15) is 5.69 Å². The molecule has 2 aliphatic rings. The Bertz CT molecular complexity index is 1030. The zero-order chi connectivity index (χ0) is 20.8. The molecule has 0 aliphatic heterocycles. The molecule has 3 aromatic rings. The van der Waals surface area contributed by atoms with Crippen LogP contribution in [0.2, 0.25) is 0 Å². The highest BCUT2D eigenvalue weighted by atomic mass is 19.4. The van der Waals surface area contributed by atoms with Crippen LogP contribution >= 0.6 is 0 Å². The van der Waals surface area contributed by atoms with Crippen molar-refractivity contribution in [2.75, 3.05) is 6.54 Å². The van der Waals surface area contributed by atoms with Crippen LogP contribution < -0.4 is 5.32 Å². The van der Waals surface area contributed by atoms with Crippen LogP contribution in [0.15, 0.2) is 53.2 Å². The van der Waals surface area contributed by atoms with Gasteiger partial charge in [-0.1, -0.05) is 41.9 Å². The summed E-state index contributed by atoms with van der Waals surface area (Å²) >= 11 is 0. The van der Waals surface area contributed by atoms with Crippen LogP contribution in [0.5, 0.6) is 0 Å². The van der Waals surface area contributed by atoms with Crippen LogP contribution in [0.3, 0.4) is 0 Å².